The molecule has 0 aliphatic carbocycles. The van der Waals surface area contributed by atoms with E-state index in [1.807, 2.05) is 0 Å². The van der Waals surface area contributed by atoms with Gasteiger partial charge in [0.2, 0.25) is 0 Å². The van der Waals surface area contributed by atoms with E-state index in [0.29, 0.717) is 0 Å². The first-order valence-corrected chi connectivity index (χ1v) is 26.6. The fourth-order valence-electron chi connectivity index (χ4n) is 20.9. The Kier molecular flexibility index (Phi) is 1.34. The minimum absolute atomic E-state index is 0.306. The Bertz CT molecular complexity index is 1900. The molecule has 10 saturated heterocycles. The number of hydrogen-bond acceptors (Lipinski definition) is 0. The van der Waals surface area contributed by atoms with E-state index in [9.17, 15) is 0 Å². The van der Waals surface area contributed by atoms with Gasteiger partial charge >= 0.3 is 210 Å². The van der Waals surface area contributed by atoms with Crippen LogP contribution in [0.2, 0.25) is 36.1 Å². The number of fused-ring (bicyclic) bond motifs is 10. The predicted molar refractivity (Wildman–Crippen MR) is 154 cm³/mol. The molecule has 4 unspecified atom stereocenters. The molecule has 4 aromatic rings. The number of hydrogen-bond donors (Lipinski definition) is 0. The van der Waals surface area contributed by atoms with Crippen molar-refractivity contribution in [1.29, 1.82) is 0 Å². The Morgan fingerprint density at radius 1 is 0.378 bits per heavy atom. The predicted octanol–water partition coefficient (Wildman–Crippen LogP) is 7.46. The molecule has 182 valence electrons. The van der Waals surface area contributed by atoms with E-state index >= 15 is 0 Å². The van der Waals surface area contributed by atoms with Gasteiger partial charge in [0.15, 0.2) is 0 Å². The first kappa shape index (κ1) is 17.9. The van der Waals surface area contributed by atoms with Gasteiger partial charge in [0, 0.05) is 0 Å². The van der Waals surface area contributed by atoms with Crippen molar-refractivity contribution < 1.29 is 7.72 Å². The summed E-state index contributed by atoms with van der Waals surface area (Å²) < 4.78 is 11.9. The molecule has 10 fully saturated rings. The van der Waals surface area contributed by atoms with E-state index in [1.54, 1.807) is 21.2 Å². The van der Waals surface area contributed by atoms with Gasteiger partial charge in [0.25, 0.3) is 0 Å². The maximum absolute atomic E-state index is 4.15. The van der Waals surface area contributed by atoms with E-state index in [1.165, 1.54) is 36.1 Å². The third kappa shape index (κ3) is 0.442. The van der Waals surface area contributed by atoms with Crippen LogP contribution >= 0.6 is 15.8 Å². The molecule has 37 heavy (non-hydrogen) atoms. The standard InChI is InChI=1S/C29H23P2.C5H5.Ru/c1-5-14-24(15-6-1)30(25-16-7-2-8-17-25)28-22-13-23-29(28)31(26-18-9-3-10-19-26)27-20-11-4-12-21-27;1-2-4-5-3-1;/h1-23H;1-5H;. The second-order valence-electron chi connectivity index (χ2n) is 15.7. The van der Waals surface area contributed by atoms with Gasteiger partial charge in [-0.15, -0.1) is 0 Å². The van der Waals surface area contributed by atoms with Crippen LogP contribution in [-0.4, -0.2) is 7.50 Å². The van der Waals surface area contributed by atoms with Gasteiger partial charge in [-0.3, -0.25) is 0 Å². The van der Waals surface area contributed by atoms with Crippen molar-refractivity contribution in [2.75, 3.05) is 0 Å². The van der Waals surface area contributed by atoms with Gasteiger partial charge in [-0.1, -0.05) is 0 Å². The Hall–Kier alpha value is -1.64. The van der Waals surface area contributed by atoms with Crippen LogP contribution < -0.4 is 21.2 Å². The van der Waals surface area contributed by atoms with E-state index < -0.39 is 7.72 Å². The van der Waals surface area contributed by atoms with Crippen LogP contribution in [0.15, 0.2) is 121 Å². The van der Waals surface area contributed by atoms with Crippen molar-refractivity contribution in [3.8, 4) is 0 Å². The molecule has 4 aromatic carbocycles. The first-order chi connectivity index (χ1) is 18.1. The summed E-state index contributed by atoms with van der Waals surface area (Å²) in [4.78, 5) is 0. The summed E-state index contributed by atoms with van der Waals surface area (Å²) in [7, 11) is -4.76. The fourth-order valence-corrected chi connectivity index (χ4v) is 195. The molecule has 0 amide bonds. The molecule has 3 heteroatoms. The van der Waals surface area contributed by atoms with Crippen molar-refractivity contribution in [3.05, 3.63) is 121 Å². The molecule has 0 saturated carbocycles. The Morgan fingerprint density at radius 2 is 0.649 bits per heavy atom. The van der Waals surface area contributed by atoms with Gasteiger partial charge in [-0.2, -0.15) is 0 Å². The fraction of sp³-hybridized carbons (Fsp3) is 0.294. The normalized spacial score (nSPS) is 63.1. The molecule has 0 bridgehead atoms. The zero-order valence-corrected chi connectivity index (χ0v) is 23.9. The van der Waals surface area contributed by atoms with E-state index in [2.05, 4.69) is 121 Å². The summed E-state index contributed by atoms with van der Waals surface area (Å²) in [6.07, 6.45) is 0. The molecule has 1 spiro atoms. The van der Waals surface area contributed by atoms with Crippen molar-refractivity contribution in [2.24, 2.45) is 0 Å². The van der Waals surface area contributed by atoms with Gasteiger partial charge < -0.3 is 0 Å². The molecule has 0 nitrogen and oxygen atoms in total. The van der Waals surface area contributed by atoms with Crippen LogP contribution in [0.3, 0.4) is 0 Å². The second kappa shape index (κ2) is 2.78. The van der Waals surface area contributed by atoms with Crippen LogP contribution in [0.5, 0.6) is 0 Å². The molecule has 0 N–H and O–H groups in total. The average molecular weight is 600 g/mol. The quantitative estimate of drug-likeness (QED) is 0.160. The molecule has 10 aliphatic rings. The first-order valence-electron chi connectivity index (χ1n) is 14.1. The molecular weight excluding hydrogens is 571 g/mol. The summed E-state index contributed by atoms with van der Waals surface area (Å²) in [5.74, 6) is 0. The van der Waals surface area contributed by atoms with Crippen LogP contribution in [0.4, 0.5) is 0 Å². The molecule has 10 heterocycles. The average Bonchev–Trinajstić information content (AvgIpc) is 3.92. The van der Waals surface area contributed by atoms with Crippen LogP contribution in [0.1, 0.15) is 0 Å². The second-order valence-corrected chi connectivity index (χ2v) is 58.4. The summed E-state index contributed by atoms with van der Waals surface area (Å²) in [6, 6.07) is 48.2. The van der Waals surface area contributed by atoms with Crippen LogP contribution in [0, 0.1) is 0 Å². The molecule has 14 rings (SSSR count). The van der Waals surface area contributed by atoms with E-state index in [0.717, 1.165) is 7.50 Å². The van der Waals surface area contributed by atoms with Gasteiger partial charge in [-0.25, -0.2) is 0 Å². The number of benzene rings is 4. The van der Waals surface area contributed by atoms with Crippen molar-refractivity contribution in [1.82, 2.24) is 0 Å². The number of rotatable bonds is 6. The zero-order chi connectivity index (χ0) is 23.5. The van der Waals surface area contributed by atoms with E-state index in [4.69, 9.17) is 0 Å². The third-order valence-corrected chi connectivity index (χ3v) is 105. The topological polar surface area (TPSA) is 0 Å². The summed E-state index contributed by atoms with van der Waals surface area (Å²) >= 11 is 0. The SMILES string of the molecule is c1ccc(P(c2ccccc2)[C]23[CH]4[CH]5[CH]6[C]2(P(c2ccccc2)c2ccccc2)[Ru]54632789[CH]3[CH]2[CH]7[CH]8[CH]39)cc1. The molecule has 0 aromatic heterocycles. The van der Waals surface area contributed by atoms with Gasteiger partial charge in [0.05, 0.1) is 0 Å². The maximum atomic E-state index is 2.55. The van der Waals surface area contributed by atoms with Gasteiger partial charge in [-0.05, 0) is 0 Å². The minimum atomic E-state index is -4.15. The summed E-state index contributed by atoms with van der Waals surface area (Å²) in [5.41, 5.74) is 0. The van der Waals surface area contributed by atoms with Gasteiger partial charge in [0.1, 0.15) is 0 Å². The summed E-state index contributed by atoms with van der Waals surface area (Å²) in [5, 5.41) is 6.88. The Labute approximate surface area is 208 Å². The molecule has 4 atom stereocenters. The van der Waals surface area contributed by atoms with Crippen molar-refractivity contribution in [3.63, 3.8) is 0 Å². The van der Waals surface area contributed by atoms with Crippen LogP contribution in [-0.2, 0) is 7.72 Å². The third-order valence-electron chi connectivity index (χ3n) is 19.4. The molecule has 10 aliphatic heterocycles. The monoisotopic (exact) mass is 600 g/mol. The van der Waals surface area contributed by atoms with Crippen molar-refractivity contribution >= 4 is 37.1 Å². The molecule has 0 radical (unpaired) electrons. The van der Waals surface area contributed by atoms with Crippen molar-refractivity contribution in [2.45, 2.75) is 43.6 Å². The van der Waals surface area contributed by atoms with Crippen LogP contribution in [0.25, 0.3) is 0 Å². The Morgan fingerprint density at radius 3 is 0.865 bits per heavy atom. The Balaban J connectivity index is 1.17. The van der Waals surface area contributed by atoms with E-state index in [-0.39, 0.29) is 15.8 Å². The zero-order valence-electron chi connectivity index (χ0n) is 20.4. The molecular formula is C34H28P2Ru. The summed E-state index contributed by atoms with van der Waals surface area (Å²) in [6.45, 7) is 0.